The Hall–Kier alpha value is -1.16. The lowest BCUT2D eigenvalue weighted by Crippen LogP contribution is -2.28. The van der Waals surface area contributed by atoms with E-state index in [1.807, 2.05) is 0 Å². The summed E-state index contributed by atoms with van der Waals surface area (Å²) in [7, 11) is 0. The maximum Gasteiger partial charge on any atom is 0.162 e. The molecule has 0 spiro atoms. The Balaban J connectivity index is 1.59. The van der Waals surface area contributed by atoms with Gasteiger partial charge in [0.1, 0.15) is 12.4 Å². The van der Waals surface area contributed by atoms with Gasteiger partial charge >= 0.3 is 0 Å². The molecule has 1 aromatic rings. The van der Waals surface area contributed by atoms with E-state index in [2.05, 4.69) is 5.32 Å². The van der Waals surface area contributed by atoms with Gasteiger partial charge in [-0.05, 0) is 37.4 Å². The second kappa shape index (κ2) is 7.43. The molecule has 2 nitrogen and oxygen atoms in total. The van der Waals surface area contributed by atoms with Crippen LogP contribution >= 0.6 is 0 Å². The predicted molar refractivity (Wildman–Crippen MR) is 71.3 cm³/mol. The Kier molecular flexibility index (Phi) is 5.58. The fourth-order valence-electron chi connectivity index (χ4n) is 2.51. The molecule has 19 heavy (non-hydrogen) atoms. The number of halogens is 2. The fourth-order valence-corrected chi connectivity index (χ4v) is 2.51. The van der Waals surface area contributed by atoms with Crippen molar-refractivity contribution in [1.29, 1.82) is 0 Å². The molecule has 1 N–H and O–H groups in total. The molecule has 0 aromatic heterocycles. The van der Waals surface area contributed by atoms with Crippen molar-refractivity contribution in [3.63, 3.8) is 0 Å². The van der Waals surface area contributed by atoms with Crippen molar-refractivity contribution in [2.45, 2.75) is 32.1 Å². The van der Waals surface area contributed by atoms with Crippen molar-refractivity contribution in [1.82, 2.24) is 5.32 Å². The quantitative estimate of drug-likeness (QED) is 0.798. The normalized spacial score (nSPS) is 16.5. The van der Waals surface area contributed by atoms with Crippen LogP contribution in [0.1, 0.15) is 32.1 Å². The summed E-state index contributed by atoms with van der Waals surface area (Å²) in [5.41, 5.74) is 0. The highest BCUT2D eigenvalue weighted by Crippen LogP contribution is 2.22. The van der Waals surface area contributed by atoms with Gasteiger partial charge in [-0.1, -0.05) is 19.3 Å². The minimum Gasteiger partial charge on any atom is -0.492 e. The Labute approximate surface area is 113 Å². The van der Waals surface area contributed by atoms with E-state index in [-0.39, 0.29) is 0 Å². The third-order valence-electron chi connectivity index (χ3n) is 3.60. The highest BCUT2D eigenvalue weighted by Gasteiger charge is 2.12. The van der Waals surface area contributed by atoms with Crippen LogP contribution in [0.4, 0.5) is 8.78 Å². The zero-order valence-corrected chi connectivity index (χ0v) is 11.1. The van der Waals surface area contributed by atoms with E-state index >= 15 is 0 Å². The van der Waals surface area contributed by atoms with Gasteiger partial charge in [0.15, 0.2) is 11.6 Å². The monoisotopic (exact) mass is 269 g/mol. The molecule has 0 bridgehead atoms. The van der Waals surface area contributed by atoms with Crippen LogP contribution in [0.25, 0.3) is 0 Å². The van der Waals surface area contributed by atoms with E-state index in [9.17, 15) is 8.78 Å². The number of hydrogen-bond donors (Lipinski definition) is 1. The molecule has 0 amide bonds. The van der Waals surface area contributed by atoms with Crippen LogP contribution in [0.15, 0.2) is 18.2 Å². The molecule has 0 heterocycles. The van der Waals surface area contributed by atoms with Crippen LogP contribution in [0.2, 0.25) is 0 Å². The molecular formula is C15H21F2NO. The lowest BCUT2D eigenvalue weighted by atomic mass is 9.89. The van der Waals surface area contributed by atoms with Gasteiger partial charge < -0.3 is 10.1 Å². The summed E-state index contributed by atoms with van der Waals surface area (Å²) < 4.78 is 31.0. The predicted octanol–water partition coefficient (Wildman–Crippen LogP) is 3.51. The van der Waals surface area contributed by atoms with Crippen LogP contribution in [0.5, 0.6) is 5.75 Å². The lowest BCUT2D eigenvalue weighted by Gasteiger charge is -2.21. The average Bonchev–Trinajstić information content (AvgIpc) is 2.43. The van der Waals surface area contributed by atoms with Crippen LogP contribution < -0.4 is 10.1 Å². The third-order valence-corrected chi connectivity index (χ3v) is 3.60. The standard InChI is InChI=1S/C15H21F2NO/c16-14-7-6-13(10-15(14)17)19-9-8-18-11-12-4-2-1-3-5-12/h6-7,10,12,18H,1-5,8-9,11H2. The molecule has 1 aromatic carbocycles. The van der Waals surface area contributed by atoms with Crippen molar-refractivity contribution >= 4 is 0 Å². The Morgan fingerprint density at radius 3 is 2.63 bits per heavy atom. The maximum absolute atomic E-state index is 12.9. The molecule has 1 saturated carbocycles. The minimum absolute atomic E-state index is 0.373. The molecule has 2 rings (SSSR count). The molecule has 0 unspecified atom stereocenters. The van der Waals surface area contributed by atoms with Gasteiger partial charge in [-0.15, -0.1) is 0 Å². The SMILES string of the molecule is Fc1ccc(OCCNCC2CCCCC2)cc1F. The van der Waals surface area contributed by atoms with Gasteiger partial charge in [0.2, 0.25) is 0 Å². The van der Waals surface area contributed by atoms with Gasteiger partial charge in [-0.3, -0.25) is 0 Å². The fraction of sp³-hybridized carbons (Fsp3) is 0.600. The lowest BCUT2D eigenvalue weighted by molar-refractivity contribution is 0.293. The summed E-state index contributed by atoms with van der Waals surface area (Å²) >= 11 is 0. The number of nitrogens with one attached hydrogen (secondary N) is 1. The second-order valence-corrected chi connectivity index (χ2v) is 5.13. The summed E-state index contributed by atoms with van der Waals surface area (Å²) in [4.78, 5) is 0. The average molecular weight is 269 g/mol. The molecule has 1 aliphatic carbocycles. The largest absolute Gasteiger partial charge is 0.492 e. The van der Waals surface area contributed by atoms with Crippen LogP contribution in [-0.4, -0.2) is 19.7 Å². The van der Waals surface area contributed by atoms with Gasteiger partial charge in [0.25, 0.3) is 0 Å². The molecule has 0 atom stereocenters. The van der Waals surface area contributed by atoms with Gasteiger partial charge in [-0.2, -0.15) is 0 Å². The van der Waals surface area contributed by atoms with E-state index in [1.54, 1.807) is 0 Å². The summed E-state index contributed by atoms with van der Waals surface area (Å²) in [5.74, 6) is -0.550. The van der Waals surface area contributed by atoms with E-state index in [4.69, 9.17) is 4.74 Å². The van der Waals surface area contributed by atoms with Crippen LogP contribution in [0, 0.1) is 17.6 Å². The third kappa shape index (κ3) is 4.78. The topological polar surface area (TPSA) is 21.3 Å². The van der Waals surface area contributed by atoms with E-state index in [0.717, 1.165) is 31.1 Å². The Bertz CT molecular complexity index is 392. The molecule has 0 aliphatic heterocycles. The zero-order chi connectivity index (χ0) is 13.5. The molecule has 4 heteroatoms. The van der Waals surface area contributed by atoms with Crippen LogP contribution in [0.3, 0.4) is 0 Å². The van der Waals surface area contributed by atoms with Gasteiger partial charge in [-0.25, -0.2) is 8.78 Å². The first-order valence-electron chi connectivity index (χ1n) is 7.04. The second-order valence-electron chi connectivity index (χ2n) is 5.13. The maximum atomic E-state index is 12.9. The molecule has 106 valence electrons. The Morgan fingerprint density at radius 2 is 1.89 bits per heavy atom. The summed E-state index contributed by atoms with van der Waals surface area (Å²) in [5, 5.41) is 3.36. The van der Waals surface area contributed by atoms with E-state index < -0.39 is 11.6 Å². The zero-order valence-electron chi connectivity index (χ0n) is 11.1. The first-order chi connectivity index (χ1) is 9.25. The van der Waals surface area contributed by atoms with Crippen LogP contribution in [-0.2, 0) is 0 Å². The Morgan fingerprint density at radius 1 is 1.11 bits per heavy atom. The molecule has 0 radical (unpaired) electrons. The molecule has 0 saturated heterocycles. The molecular weight excluding hydrogens is 248 g/mol. The smallest absolute Gasteiger partial charge is 0.162 e. The summed E-state index contributed by atoms with van der Waals surface area (Å²) in [6.45, 7) is 2.23. The number of ether oxygens (including phenoxy) is 1. The summed E-state index contributed by atoms with van der Waals surface area (Å²) in [6.07, 6.45) is 6.69. The van der Waals surface area contributed by atoms with Crippen molar-refractivity contribution in [3.05, 3.63) is 29.8 Å². The highest BCUT2D eigenvalue weighted by molar-refractivity contribution is 5.23. The first kappa shape index (κ1) is 14.3. The molecule has 1 fully saturated rings. The minimum atomic E-state index is -0.868. The van der Waals surface area contributed by atoms with Crippen molar-refractivity contribution in [2.24, 2.45) is 5.92 Å². The molecule has 1 aliphatic rings. The van der Waals surface area contributed by atoms with E-state index in [1.165, 1.54) is 38.2 Å². The van der Waals surface area contributed by atoms with Gasteiger partial charge in [0, 0.05) is 12.6 Å². The summed E-state index contributed by atoms with van der Waals surface area (Å²) in [6, 6.07) is 3.61. The number of rotatable bonds is 6. The van der Waals surface area contributed by atoms with E-state index in [0.29, 0.717) is 12.4 Å². The number of hydrogen-bond acceptors (Lipinski definition) is 2. The van der Waals surface area contributed by atoms with Gasteiger partial charge in [0.05, 0.1) is 0 Å². The van der Waals surface area contributed by atoms with Crippen molar-refractivity contribution in [2.75, 3.05) is 19.7 Å². The van der Waals surface area contributed by atoms with Crippen molar-refractivity contribution in [3.8, 4) is 5.75 Å². The highest BCUT2D eigenvalue weighted by atomic mass is 19.2. The number of benzene rings is 1. The first-order valence-corrected chi connectivity index (χ1v) is 7.04. The van der Waals surface area contributed by atoms with Crippen molar-refractivity contribution < 1.29 is 13.5 Å².